The SMILES string of the molecule is [2H]PP(P(P)P)P(P(P(P)P)P(P)P)P(P(P(P(P)P)P(P)P)P(P(P)P)P(P)P)P(P(P(P)P)P(P)P)P(P(P)P)P(P)P. The lowest BCUT2D eigenvalue weighted by Crippen LogP contribution is -1.69. The zero-order valence-electron chi connectivity index (χ0n) is 23.6. The van der Waals surface area contributed by atoms with E-state index in [0.717, 1.165) is 0 Å². The zero-order valence-corrected chi connectivity index (χ0v) is 67.8. The molecule has 0 saturated heterocycles. The molecule has 0 heterocycles. The van der Waals surface area contributed by atoms with Crippen LogP contribution in [0, 0.1) is 0 Å². The lowest BCUT2D eigenvalue weighted by molar-refractivity contribution is 4.37. The molecular weight excluding hydrogens is 1360 g/mol. The van der Waals surface area contributed by atoms with E-state index in [-0.39, 0.29) is 147 Å². The summed E-state index contributed by atoms with van der Waals surface area (Å²) in [5.41, 5.74) is 0. The van der Waals surface area contributed by atoms with Crippen LogP contribution in [0.5, 0.6) is 0 Å². The van der Waals surface area contributed by atoms with Crippen molar-refractivity contribution >= 4 is 352 Å². The van der Waals surface area contributed by atoms with E-state index in [1.807, 2.05) is 0 Å². The Balaban J connectivity index is 8.98. The fourth-order valence-corrected chi connectivity index (χ4v) is 603. The van der Waals surface area contributed by atoms with Gasteiger partial charge in [0, 0.05) is 0 Å². The van der Waals surface area contributed by atoms with E-state index in [0.29, 0.717) is 8.87 Å². The fraction of sp³-hybridized carbons (Fsp3) is 0. The van der Waals surface area contributed by atoms with Crippen molar-refractivity contribution in [1.82, 2.24) is 0 Å². The molecule has 0 aromatic carbocycles. The average Bonchev–Trinajstić information content (AvgIpc) is 2.81. The molecule has 0 aromatic heterocycles. The Morgan fingerprint density at radius 3 is 0.500 bits per heavy atom. The van der Waals surface area contributed by atoms with E-state index in [1.54, 1.807) is 0 Å². The van der Waals surface area contributed by atoms with Gasteiger partial charge in [0.25, 0.3) is 0 Å². The van der Waals surface area contributed by atoms with E-state index in [4.69, 9.17) is 0 Å². The molecule has 0 fully saturated rings. The Morgan fingerprint density at radius 1 is 0.205 bits per heavy atom. The maximum Gasteiger partial charge on any atom is 0.0601 e. The van der Waals surface area contributed by atoms with Crippen molar-refractivity contribution in [2.24, 2.45) is 0 Å². The van der Waals surface area contributed by atoms with Gasteiger partial charge in [0.1, 0.15) is 0 Å². The summed E-state index contributed by atoms with van der Waals surface area (Å²) < 4.78 is 9.35. The van der Waals surface area contributed by atoms with Gasteiger partial charge in [0.2, 0.25) is 0 Å². The molecule has 25 atom stereocenters. The molecule has 0 rings (SSSR count). The van der Waals surface area contributed by atoms with E-state index < -0.39 is 0 Å². The highest BCUT2D eigenvalue weighted by Crippen LogP contribution is 3.44. The maximum absolute atomic E-state index is 9.35. The quantitative estimate of drug-likeness (QED) is 0.101. The van der Waals surface area contributed by atoms with Crippen LogP contribution in [0.2, 0.25) is 0 Å². The molecule has 0 nitrogen and oxygen atoms in total. The minimum atomic E-state index is -0.333. The molecule has 44 heteroatoms. The number of rotatable bonds is 21. The Hall–Kier alpha value is 18.9. The first-order valence-corrected chi connectivity index (χ1v) is 89.1. The molecule has 0 N–H and O–H groups in total. The topological polar surface area (TPSA) is 0 Å². The summed E-state index contributed by atoms with van der Waals surface area (Å²) in [7, 11) is 75.1. The van der Waals surface area contributed by atoms with Crippen LogP contribution >= 0.6 is 352 Å². The van der Waals surface area contributed by atoms with Gasteiger partial charge in [-0.25, -0.2) is 0 Å². The van der Waals surface area contributed by atoms with E-state index in [9.17, 15) is 1.28 Å². The lowest BCUT2D eigenvalue weighted by Gasteiger charge is -2.57. The minimum Gasteiger partial charge on any atom is -0.102 e. The van der Waals surface area contributed by atoms with Gasteiger partial charge in [-0.15, -0.1) is 205 Å². The van der Waals surface area contributed by atoms with Crippen LogP contribution in [-0.4, -0.2) is 1.28 Å². The summed E-state index contributed by atoms with van der Waals surface area (Å²) in [6, 6.07) is 0. The summed E-state index contributed by atoms with van der Waals surface area (Å²) in [4.78, 5) is 0. The van der Waals surface area contributed by atoms with Crippen LogP contribution in [0.25, 0.3) is 0 Å². The summed E-state index contributed by atoms with van der Waals surface area (Å²) in [6.45, 7) is -4.13. The van der Waals surface area contributed by atoms with Gasteiger partial charge in [-0.2, -0.15) is 0 Å². The second-order valence-corrected chi connectivity index (χ2v) is 186. The minimum absolute atomic E-state index is 0.136. The molecule has 0 bridgehead atoms. The van der Waals surface area contributed by atoms with Crippen molar-refractivity contribution in [2.75, 3.05) is 0 Å². The van der Waals surface area contributed by atoms with Crippen molar-refractivity contribution in [3.8, 4) is 0 Å². The molecule has 0 spiro atoms. The van der Waals surface area contributed by atoms with Crippen molar-refractivity contribution in [2.45, 2.75) is 0 Å². The second kappa shape index (κ2) is 34.2. The number of hydrogen-bond acceptors (Lipinski definition) is 0. The third-order valence-corrected chi connectivity index (χ3v) is 302. The third kappa shape index (κ3) is 22.4. The van der Waals surface area contributed by atoms with Crippen LogP contribution in [-0.2, 0) is 0 Å². The molecule has 0 aliphatic heterocycles. The highest BCUT2D eigenvalue weighted by Gasteiger charge is 2.56. The molecule has 44 heavy (non-hydrogen) atoms. The Bertz CT molecular complexity index is 629. The molecule has 0 saturated carbocycles. The van der Waals surface area contributed by atoms with E-state index in [2.05, 4.69) is 196 Å². The first kappa shape index (κ1) is 60.9. The standard InChI is InChI=1S/H46P44/c1-24(2)35(23)41(36(25(3)4)26(5)6)44(42(37(27(7)8)28(9)10)38(29(11)12)30(13)14)43(39(31(15)16)32(17)18)40(33(19)20)34(21)22/h1-23H2/i23D. The monoisotopic (exact) mass is 1410 g/mol. The molecule has 0 aliphatic rings. The van der Waals surface area contributed by atoms with Gasteiger partial charge in [-0.05, 0) is 147 Å². The fourth-order valence-electron chi connectivity index (χ4n) is 2.48. The predicted molar refractivity (Wildman–Crippen MR) is 369 cm³/mol. The Morgan fingerprint density at radius 2 is 0.364 bits per heavy atom. The Kier molecular flexibility index (Phi) is 47.4. The van der Waals surface area contributed by atoms with Crippen LogP contribution in [0.4, 0.5) is 0 Å². The van der Waals surface area contributed by atoms with Crippen LogP contribution in [0.1, 0.15) is 0 Å². The highest BCUT2D eigenvalue weighted by molar-refractivity contribution is 9.50. The van der Waals surface area contributed by atoms with Crippen molar-refractivity contribution in [3.63, 3.8) is 0 Å². The Labute approximate surface area is 348 Å². The van der Waals surface area contributed by atoms with Gasteiger partial charge >= 0.3 is 0 Å². The lowest BCUT2D eigenvalue weighted by atomic mass is 28.4. The molecule has 0 radical (unpaired) electrons. The van der Waals surface area contributed by atoms with Gasteiger partial charge in [-0.1, -0.05) is 0 Å². The smallest absolute Gasteiger partial charge is 0.0601 e. The summed E-state index contributed by atoms with van der Waals surface area (Å²) in [6.07, 6.45) is 0. The van der Waals surface area contributed by atoms with Gasteiger partial charge in [0.15, 0.2) is 0 Å². The first-order valence-electron chi connectivity index (χ1n) is 10.4. The average molecular weight is 1410 g/mol. The molecule has 0 aliphatic carbocycles. The predicted octanol–water partition coefficient (Wildman–Crippen LogP) is 25.6. The highest BCUT2D eigenvalue weighted by atomic mass is 33.6. The normalized spacial score (nSPS) is 16.2. The van der Waals surface area contributed by atoms with Crippen molar-refractivity contribution in [1.29, 1.82) is 1.28 Å². The summed E-state index contributed by atoms with van der Waals surface area (Å²) >= 11 is 0. The van der Waals surface area contributed by atoms with Crippen LogP contribution in [0.15, 0.2) is 0 Å². The van der Waals surface area contributed by atoms with E-state index >= 15 is 0 Å². The largest absolute Gasteiger partial charge is 0.102 e. The molecule has 266 valence electrons. The number of hydrogen-bond donors (Lipinski definition) is 0. The van der Waals surface area contributed by atoms with Crippen LogP contribution < -0.4 is 0 Å². The summed E-state index contributed by atoms with van der Waals surface area (Å²) in [5.74, 6) is 0. The molecule has 0 aromatic rings. The zero-order chi connectivity index (χ0) is 35.8. The second-order valence-electron chi connectivity index (χ2n) is 6.88. The van der Waals surface area contributed by atoms with Gasteiger partial charge in [-0.3, -0.25) is 0 Å². The maximum atomic E-state index is 9.35. The summed E-state index contributed by atoms with van der Waals surface area (Å²) in [5, 5.41) is 0. The van der Waals surface area contributed by atoms with Crippen LogP contribution in [0.3, 0.4) is 0 Å². The molecule has 0 amide bonds. The third-order valence-electron chi connectivity index (χ3n) is 3.73. The van der Waals surface area contributed by atoms with Gasteiger partial charge in [0.05, 0.1) is 1.28 Å². The van der Waals surface area contributed by atoms with Crippen molar-refractivity contribution < 1.29 is 0 Å². The molecule has 25 unspecified atom stereocenters. The molecular formula is H46P44. The first-order chi connectivity index (χ1) is 20.5. The van der Waals surface area contributed by atoms with Crippen molar-refractivity contribution in [3.05, 3.63) is 0 Å². The van der Waals surface area contributed by atoms with Gasteiger partial charge < -0.3 is 0 Å². The van der Waals surface area contributed by atoms with E-state index in [1.165, 1.54) is 0 Å².